The van der Waals surface area contributed by atoms with Gasteiger partial charge in [0, 0.05) is 36.5 Å². The van der Waals surface area contributed by atoms with Gasteiger partial charge in [-0.25, -0.2) is 14.4 Å². The van der Waals surface area contributed by atoms with E-state index in [1.807, 2.05) is 26.8 Å². The van der Waals surface area contributed by atoms with Crippen LogP contribution in [0.3, 0.4) is 0 Å². The molecule has 3 rings (SSSR count). The fraction of sp³-hybridized carbons (Fsp3) is 0.464. The van der Waals surface area contributed by atoms with E-state index >= 15 is 0 Å². The Morgan fingerprint density at radius 2 is 1.83 bits per heavy atom. The van der Waals surface area contributed by atoms with Gasteiger partial charge in [-0.15, -0.1) is 0 Å². The maximum absolute atomic E-state index is 12.6. The fourth-order valence-corrected chi connectivity index (χ4v) is 3.84. The average Bonchev–Trinajstić information content (AvgIpc) is 3.20. The van der Waals surface area contributed by atoms with Gasteiger partial charge < -0.3 is 18.9 Å². The Balaban J connectivity index is 1.51. The molecule has 0 saturated carbocycles. The molecular weight excluding hydrogens is 448 g/mol. The van der Waals surface area contributed by atoms with Gasteiger partial charge in [0.05, 0.1) is 11.9 Å². The molecule has 35 heavy (non-hydrogen) atoms. The minimum absolute atomic E-state index is 0.106. The summed E-state index contributed by atoms with van der Waals surface area (Å²) in [5.74, 6) is 0.255. The number of allylic oxidation sites excluding steroid dienone is 8. The predicted molar refractivity (Wildman–Crippen MR) is 131 cm³/mol. The highest BCUT2D eigenvalue weighted by molar-refractivity contribution is 5.90. The summed E-state index contributed by atoms with van der Waals surface area (Å²) in [6, 6.07) is 0. The summed E-state index contributed by atoms with van der Waals surface area (Å²) in [7, 11) is 0. The molecule has 0 aromatic heterocycles. The standard InChI is InChI=1S/C28H34O7/c1-5-19(4)32-26(29)16-9-20-7-12-23(13-8-20)34-28(31)21-10-14-22(15-11-21)33-24(6-2)25-17-18(3)27(30)35-25/h7,9-10,12,14,16,19,24-25H,3,5-6,8,11,13,15,17H2,1-2,4H3/b16-9+. The molecule has 0 aromatic carbocycles. The highest BCUT2D eigenvalue weighted by atomic mass is 16.6. The van der Waals surface area contributed by atoms with Gasteiger partial charge in [0.1, 0.15) is 18.0 Å². The predicted octanol–water partition coefficient (Wildman–Crippen LogP) is 5.30. The zero-order chi connectivity index (χ0) is 25.4. The van der Waals surface area contributed by atoms with E-state index in [0.717, 1.165) is 17.8 Å². The Morgan fingerprint density at radius 3 is 2.40 bits per heavy atom. The van der Waals surface area contributed by atoms with Crippen LogP contribution in [0.25, 0.3) is 0 Å². The van der Waals surface area contributed by atoms with Crippen LogP contribution in [0.2, 0.25) is 0 Å². The van der Waals surface area contributed by atoms with Gasteiger partial charge in [-0.3, -0.25) is 0 Å². The third-order valence-electron chi connectivity index (χ3n) is 6.18. The Hall–Kier alpha value is -3.35. The minimum atomic E-state index is -0.371. The minimum Gasteiger partial charge on any atom is -0.491 e. The molecule has 0 amide bonds. The zero-order valence-electron chi connectivity index (χ0n) is 20.7. The SMILES string of the molecule is C=C1CC(C(CC)OC2=CC=C(C(=O)OC3=CC=C(/C=C/C(=O)OC(C)CC)CC3)CC2)OC1=O. The van der Waals surface area contributed by atoms with Crippen molar-refractivity contribution in [1.29, 1.82) is 0 Å². The number of ether oxygens (including phenoxy) is 4. The second-order valence-electron chi connectivity index (χ2n) is 8.89. The number of carbonyl (C=O) groups is 3. The van der Waals surface area contributed by atoms with Crippen molar-refractivity contribution in [2.45, 2.75) is 84.0 Å². The third kappa shape index (κ3) is 7.57. The van der Waals surface area contributed by atoms with Gasteiger partial charge in [0.15, 0.2) is 0 Å². The van der Waals surface area contributed by atoms with Crippen molar-refractivity contribution in [3.8, 4) is 0 Å². The lowest BCUT2D eigenvalue weighted by atomic mass is 10.0. The Labute approximate surface area is 206 Å². The molecule has 3 unspecified atom stereocenters. The van der Waals surface area contributed by atoms with E-state index in [0.29, 0.717) is 55.4 Å². The van der Waals surface area contributed by atoms with Crippen molar-refractivity contribution < 1.29 is 33.3 Å². The molecule has 3 atom stereocenters. The summed E-state index contributed by atoms with van der Waals surface area (Å²) in [4.78, 5) is 36.0. The number of hydrogen-bond donors (Lipinski definition) is 0. The lowest BCUT2D eigenvalue weighted by Gasteiger charge is -2.25. The number of cyclic esters (lactones) is 1. The normalized spacial score (nSPS) is 21.9. The highest BCUT2D eigenvalue weighted by Gasteiger charge is 2.34. The Bertz CT molecular complexity index is 992. The summed E-state index contributed by atoms with van der Waals surface area (Å²) in [6.07, 6.45) is 13.9. The first kappa shape index (κ1) is 26.3. The van der Waals surface area contributed by atoms with Crippen molar-refractivity contribution in [2.24, 2.45) is 0 Å². The van der Waals surface area contributed by atoms with E-state index in [9.17, 15) is 14.4 Å². The largest absolute Gasteiger partial charge is 0.491 e. The molecular formula is C28H34O7. The molecule has 0 bridgehead atoms. The summed E-state index contributed by atoms with van der Waals surface area (Å²) in [6.45, 7) is 9.52. The molecule has 0 N–H and O–H groups in total. The van der Waals surface area contributed by atoms with Crippen LogP contribution in [0, 0.1) is 0 Å². The zero-order valence-corrected chi connectivity index (χ0v) is 20.7. The molecule has 7 nitrogen and oxygen atoms in total. The van der Waals surface area contributed by atoms with E-state index < -0.39 is 0 Å². The van der Waals surface area contributed by atoms with Crippen molar-refractivity contribution in [3.63, 3.8) is 0 Å². The van der Waals surface area contributed by atoms with E-state index in [-0.39, 0.29) is 36.2 Å². The quantitative estimate of drug-likeness (QED) is 0.237. The maximum atomic E-state index is 12.6. The van der Waals surface area contributed by atoms with Crippen LogP contribution in [0.4, 0.5) is 0 Å². The van der Waals surface area contributed by atoms with Gasteiger partial charge in [-0.05, 0) is 56.4 Å². The first-order valence-corrected chi connectivity index (χ1v) is 12.2. The number of rotatable bonds is 10. The first-order chi connectivity index (χ1) is 16.8. The van der Waals surface area contributed by atoms with Crippen molar-refractivity contribution in [1.82, 2.24) is 0 Å². The molecule has 188 valence electrons. The molecule has 1 heterocycles. The summed E-state index contributed by atoms with van der Waals surface area (Å²) >= 11 is 0. The van der Waals surface area contributed by atoms with Gasteiger partial charge >= 0.3 is 17.9 Å². The van der Waals surface area contributed by atoms with Gasteiger partial charge in [0.2, 0.25) is 0 Å². The van der Waals surface area contributed by atoms with Crippen LogP contribution < -0.4 is 0 Å². The molecule has 1 saturated heterocycles. The maximum Gasteiger partial charge on any atom is 0.339 e. The summed E-state index contributed by atoms with van der Waals surface area (Å²) in [5, 5.41) is 0. The van der Waals surface area contributed by atoms with E-state index in [4.69, 9.17) is 18.9 Å². The monoisotopic (exact) mass is 482 g/mol. The summed E-state index contributed by atoms with van der Waals surface area (Å²) in [5.41, 5.74) is 2.02. The Kier molecular flexibility index (Phi) is 9.29. The second kappa shape index (κ2) is 12.4. The lowest BCUT2D eigenvalue weighted by Crippen LogP contribution is -2.28. The van der Waals surface area contributed by atoms with E-state index in [1.54, 1.807) is 24.3 Å². The lowest BCUT2D eigenvalue weighted by molar-refractivity contribution is -0.144. The topological polar surface area (TPSA) is 88.1 Å². The number of esters is 3. The second-order valence-corrected chi connectivity index (χ2v) is 8.89. The van der Waals surface area contributed by atoms with Crippen molar-refractivity contribution in [2.75, 3.05) is 0 Å². The highest BCUT2D eigenvalue weighted by Crippen LogP contribution is 2.29. The van der Waals surface area contributed by atoms with Crippen LogP contribution in [0.1, 0.15) is 65.7 Å². The van der Waals surface area contributed by atoms with Crippen LogP contribution in [0.5, 0.6) is 0 Å². The third-order valence-corrected chi connectivity index (χ3v) is 6.18. The molecule has 0 aromatic rings. The van der Waals surface area contributed by atoms with Crippen LogP contribution in [-0.4, -0.2) is 36.2 Å². The van der Waals surface area contributed by atoms with Crippen LogP contribution in [0.15, 0.2) is 71.3 Å². The van der Waals surface area contributed by atoms with E-state index in [1.165, 1.54) is 6.08 Å². The molecule has 2 aliphatic carbocycles. The van der Waals surface area contributed by atoms with Gasteiger partial charge in [0.25, 0.3) is 0 Å². The van der Waals surface area contributed by atoms with Crippen molar-refractivity contribution in [3.05, 3.63) is 71.3 Å². The van der Waals surface area contributed by atoms with Gasteiger partial charge in [-0.1, -0.05) is 32.6 Å². The molecule has 1 aliphatic heterocycles. The van der Waals surface area contributed by atoms with Crippen molar-refractivity contribution >= 4 is 17.9 Å². The van der Waals surface area contributed by atoms with E-state index in [2.05, 4.69) is 6.58 Å². The molecule has 0 spiro atoms. The molecule has 7 heteroatoms. The first-order valence-electron chi connectivity index (χ1n) is 12.2. The summed E-state index contributed by atoms with van der Waals surface area (Å²) < 4.78 is 22.2. The average molecular weight is 483 g/mol. The van der Waals surface area contributed by atoms with Crippen LogP contribution >= 0.6 is 0 Å². The Morgan fingerprint density at radius 1 is 1.09 bits per heavy atom. The van der Waals surface area contributed by atoms with Gasteiger partial charge in [-0.2, -0.15) is 0 Å². The number of hydrogen-bond acceptors (Lipinski definition) is 7. The molecule has 0 radical (unpaired) electrons. The number of carbonyl (C=O) groups excluding carboxylic acids is 3. The van der Waals surface area contributed by atoms with Crippen LogP contribution in [-0.2, 0) is 33.3 Å². The molecule has 1 fully saturated rings. The smallest absolute Gasteiger partial charge is 0.339 e. The fourth-order valence-electron chi connectivity index (χ4n) is 3.84. The molecule has 3 aliphatic rings.